The van der Waals surface area contributed by atoms with Crippen molar-refractivity contribution in [1.82, 2.24) is 0 Å². The fraction of sp³-hybridized carbons (Fsp3) is 0.333. The molecular formula is C21H24FNO5S. The van der Waals surface area contributed by atoms with E-state index in [2.05, 4.69) is 5.32 Å². The van der Waals surface area contributed by atoms with Gasteiger partial charge >= 0.3 is 5.97 Å². The number of esters is 1. The van der Waals surface area contributed by atoms with Gasteiger partial charge in [0.1, 0.15) is 5.82 Å². The van der Waals surface area contributed by atoms with Crippen LogP contribution < -0.4 is 5.32 Å². The maximum absolute atomic E-state index is 12.9. The predicted molar refractivity (Wildman–Crippen MR) is 108 cm³/mol. The lowest BCUT2D eigenvalue weighted by molar-refractivity contribution is -0.152. The van der Waals surface area contributed by atoms with Crippen LogP contribution in [0.4, 0.5) is 10.1 Å². The Hall–Kier alpha value is -2.74. The number of amides is 1. The Morgan fingerprint density at radius 3 is 2.17 bits per heavy atom. The Labute approximate surface area is 170 Å². The van der Waals surface area contributed by atoms with Crippen LogP contribution in [-0.2, 0) is 24.2 Å². The van der Waals surface area contributed by atoms with Gasteiger partial charge in [-0.05, 0) is 63.1 Å². The van der Waals surface area contributed by atoms with Gasteiger partial charge in [0.2, 0.25) is 0 Å². The lowest BCUT2D eigenvalue weighted by Gasteiger charge is -2.17. The second-order valence-corrected chi connectivity index (χ2v) is 9.03. The zero-order valence-corrected chi connectivity index (χ0v) is 17.6. The molecule has 156 valence electrons. The largest absolute Gasteiger partial charge is 0.453 e. The number of carbonyl (C=O) groups is 2. The minimum atomic E-state index is -3.76. The minimum Gasteiger partial charge on any atom is -0.453 e. The van der Waals surface area contributed by atoms with Crippen LogP contribution >= 0.6 is 0 Å². The number of benzene rings is 2. The van der Waals surface area contributed by atoms with Gasteiger partial charge in [-0.2, -0.15) is 0 Å². The summed E-state index contributed by atoms with van der Waals surface area (Å²) in [6, 6.07) is 8.20. The fourth-order valence-corrected chi connectivity index (χ4v) is 4.11. The number of sulfone groups is 1. The normalized spacial score (nSPS) is 12.3. The number of nitrogens with one attached hydrogen (secondary N) is 1. The highest BCUT2D eigenvalue weighted by atomic mass is 32.2. The molecule has 29 heavy (non-hydrogen) atoms. The van der Waals surface area contributed by atoms with Gasteiger partial charge in [0, 0.05) is 5.69 Å². The summed E-state index contributed by atoms with van der Waals surface area (Å²) < 4.78 is 42.4. The standard InChI is InChI=1S/C21H24FNO5S/c1-13-11-14(2)20(15(3)12-13)23-21(25)16(4)28-19(24)9-10-29(26,27)18-7-5-17(22)6-8-18/h5-8,11-12,16H,9-10H2,1-4H3,(H,23,25)/t16-/m1/s1. The molecule has 0 aromatic heterocycles. The molecule has 2 aromatic carbocycles. The number of halogens is 1. The van der Waals surface area contributed by atoms with Crippen LogP contribution in [-0.4, -0.2) is 32.2 Å². The molecular weight excluding hydrogens is 397 g/mol. The number of carbonyl (C=O) groups excluding carboxylic acids is 2. The van der Waals surface area contributed by atoms with E-state index in [0.717, 1.165) is 41.0 Å². The molecule has 0 bridgehead atoms. The van der Waals surface area contributed by atoms with Crippen molar-refractivity contribution in [2.75, 3.05) is 11.1 Å². The van der Waals surface area contributed by atoms with Crippen molar-refractivity contribution in [2.45, 2.75) is 45.1 Å². The molecule has 0 aliphatic heterocycles. The van der Waals surface area contributed by atoms with Crippen LogP contribution in [0.5, 0.6) is 0 Å². The molecule has 0 fully saturated rings. The maximum Gasteiger partial charge on any atom is 0.307 e. The molecule has 0 aliphatic rings. The molecule has 0 unspecified atom stereocenters. The minimum absolute atomic E-state index is 0.0807. The second kappa shape index (κ2) is 9.17. The monoisotopic (exact) mass is 421 g/mol. The molecule has 1 amide bonds. The summed E-state index contributed by atoms with van der Waals surface area (Å²) >= 11 is 0. The maximum atomic E-state index is 12.9. The van der Waals surface area contributed by atoms with E-state index < -0.39 is 45.8 Å². The lowest BCUT2D eigenvalue weighted by Crippen LogP contribution is -2.31. The van der Waals surface area contributed by atoms with Gasteiger partial charge < -0.3 is 10.1 Å². The zero-order valence-electron chi connectivity index (χ0n) is 16.8. The van der Waals surface area contributed by atoms with Crippen LogP contribution in [0, 0.1) is 26.6 Å². The van der Waals surface area contributed by atoms with Gasteiger partial charge in [-0.1, -0.05) is 17.7 Å². The van der Waals surface area contributed by atoms with E-state index in [1.165, 1.54) is 6.92 Å². The van der Waals surface area contributed by atoms with Gasteiger partial charge in [-0.25, -0.2) is 12.8 Å². The quantitative estimate of drug-likeness (QED) is 0.546. The van der Waals surface area contributed by atoms with E-state index in [0.29, 0.717) is 5.69 Å². The number of rotatable bonds is 7. The third kappa shape index (κ3) is 6.12. The Morgan fingerprint density at radius 1 is 1.07 bits per heavy atom. The number of hydrogen-bond acceptors (Lipinski definition) is 5. The SMILES string of the molecule is Cc1cc(C)c(NC(=O)[C@@H](C)OC(=O)CCS(=O)(=O)c2ccc(F)cc2)c(C)c1. The van der Waals surface area contributed by atoms with Gasteiger partial charge in [-0.3, -0.25) is 9.59 Å². The number of anilines is 1. The second-order valence-electron chi connectivity index (χ2n) is 6.92. The topological polar surface area (TPSA) is 89.5 Å². The first kappa shape index (κ1) is 22.5. The third-order valence-electron chi connectivity index (χ3n) is 4.35. The van der Waals surface area contributed by atoms with E-state index in [4.69, 9.17) is 4.74 Å². The summed E-state index contributed by atoms with van der Waals surface area (Å²) in [7, 11) is -3.76. The van der Waals surface area contributed by atoms with E-state index in [1.54, 1.807) is 0 Å². The van der Waals surface area contributed by atoms with E-state index in [9.17, 15) is 22.4 Å². The van der Waals surface area contributed by atoms with Crippen molar-refractivity contribution >= 4 is 27.4 Å². The smallest absolute Gasteiger partial charge is 0.307 e. The fourth-order valence-electron chi connectivity index (χ4n) is 2.89. The van der Waals surface area contributed by atoms with Gasteiger partial charge in [0.25, 0.3) is 5.91 Å². The van der Waals surface area contributed by atoms with Crippen LogP contribution in [0.2, 0.25) is 0 Å². The van der Waals surface area contributed by atoms with E-state index in [-0.39, 0.29) is 4.90 Å². The van der Waals surface area contributed by atoms with Gasteiger partial charge in [0.15, 0.2) is 15.9 Å². The zero-order chi connectivity index (χ0) is 21.8. The average molecular weight is 421 g/mol. The van der Waals surface area contributed by atoms with Crippen LogP contribution in [0.25, 0.3) is 0 Å². The van der Waals surface area contributed by atoms with Crippen molar-refractivity contribution in [3.63, 3.8) is 0 Å². The molecule has 6 nitrogen and oxygen atoms in total. The number of hydrogen-bond donors (Lipinski definition) is 1. The molecule has 1 N–H and O–H groups in total. The molecule has 0 saturated carbocycles. The number of ether oxygens (including phenoxy) is 1. The molecule has 0 radical (unpaired) electrons. The average Bonchev–Trinajstić information content (AvgIpc) is 2.63. The Kier molecular flexibility index (Phi) is 7.13. The first-order chi connectivity index (χ1) is 13.5. The summed E-state index contributed by atoms with van der Waals surface area (Å²) in [5.74, 6) is -2.37. The highest BCUT2D eigenvalue weighted by molar-refractivity contribution is 7.91. The third-order valence-corrected chi connectivity index (χ3v) is 6.08. The van der Waals surface area contributed by atoms with Crippen molar-refractivity contribution in [1.29, 1.82) is 0 Å². The molecule has 2 rings (SSSR count). The van der Waals surface area contributed by atoms with Crippen LogP contribution in [0.3, 0.4) is 0 Å². The summed E-state index contributed by atoms with van der Waals surface area (Å²) in [4.78, 5) is 24.3. The molecule has 2 aromatic rings. The number of aryl methyl sites for hydroxylation is 3. The first-order valence-corrected chi connectivity index (χ1v) is 10.7. The first-order valence-electron chi connectivity index (χ1n) is 9.06. The van der Waals surface area contributed by atoms with Gasteiger partial charge in [-0.15, -0.1) is 0 Å². The summed E-state index contributed by atoms with van der Waals surface area (Å²) in [5, 5.41) is 2.74. The highest BCUT2D eigenvalue weighted by Crippen LogP contribution is 2.22. The Balaban J connectivity index is 1.93. The van der Waals surface area contributed by atoms with E-state index >= 15 is 0 Å². The summed E-state index contributed by atoms with van der Waals surface area (Å²) in [6.07, 6.45) is -1.50. The van der Waals surface area contributed by atoms with E-state index in [1.807, 2.05) is 32.9 Å². The molecule has 0 heterocycles. The molecule has 0 spiro atoms. The van der Waals surface area contributed by atoms with Gasteiger partial charge in [0.05, 0.1) is 17.1 Å². The van der Waals surface area contributed by atoms with Crippen molar-refractivity contribution in [2.24, 2.45) is 0 Å². The van der Waals surface area contributed by atoms with Crippen molar-refractivity contribution in [3.8, 4) is 0 Å². The predicted octanol–water partition coefficient (Wildman–Crippen LogP) is 3.49. The lowest BCUT2D eigenvalue weighted by atomic mass is 10.0. The molecule has 0 aliphatic carbocycles. The van der Waals surface area contributed by atoms with Crippen LogP contribution in [0.15, 0.2) is 41.3 Å². The molecule has 8 heteroatoms. The Morgan fingerprint density at radius 2 is 1.62 bits per heavy atom. The summed E-state index contributed by atoms with van der Waals surface area (Å²) in [6.45, 7) is 7.11. The van der Waals surface area contributed by atoms with Crippen molar-refractivity contribution in [3.05, 3.63) is 58.9 Å². The highest BCUT2D eigenvalue weighted by Gasteiger charge is 2.22. The Bertz CT molecular complexity index is 993. The van der Waals surface area contributed by atoms with Crippen molar-refractivity contribution < 1.29 is 27.1 Å². The molecule has 1 atom stereocenters. The molecule has 0 saturated heterocycles. The van der Waals surface area contributed by atoms with Crippen LogP contribution in [0.1, 0.15) is 30.0 Å². The summed E-state index contributed by atoms with van der Waals surface area (Å²) in [5.41, 5.74) is 3.50.